The third kappa shape index (κ3) is 4.10. The zero-order chi connectivity index (χ0) is 13.8. The van der Waals surface area contributed by atoms with Gasteiger partial charge >= 0.3 is 0 Å². The first-order valence-electron chi connectivity index (χ1n) is 6.85. The minimum Gasteiger partial charge on any atom is -0.354 e. The first-order chi connectivity index (χ1) is 9.10. The summed E-state index contributed by atoms with van der Waals surface area (Å²) in [6, 6.07) is 2.18. The smallest absolute Gasteiger partial charge is 0.133 e. The average molecular weight is 344 g/mol. The van der Waals surface area contributed by atoms with Gasteiger partial charge in [-0.2, -0.15) is 11.8 Å². The van der Waals surface area contributed by atoms with E-state index in [2.05, 4.69) is 69.7 Å². The summed E-state index contributed by atoms with van der Waals surface area (Å²) in [6.07, 6.45) is 1.90. The normalized spacial score (nSPS) is 23.7. The second-order valence-electron chi connectivity index (χ2n) is 5.08. The lowest BCUT2D eigenvalue weighted by Gasteiger charge is -2.36. The minimum atomic E-state index is 0.668. The SMILES string of the molecule is CCNCc1cc(Br)cnc1N1CC(C)SC(C)C1. The summed E-state index contributed by atoms with van der Waals surface area (Å²) >= 11 is 5.60. The molecule has 1 saturated heterocycles. The lowest BCUT2D eigenvalue weighted by Crippen LogP contribution is -2.41. The van der Waals surface area contributed by atoms with Crippen molar-refractivity contribution in [1.29, 1.82) is 0 Å². The molecular weight excluding hydrogens is 322 g/mol. The van der Waals surface area contributed by atoms with E-state index in [1.54, 1.807) is 0 Å². The number of halogens is 1. The number of aromatic nitrogens is 1. The van der Waals surface area contributed by atoms with Crippen LogP contribution in [-0.2, 0) is 6.54 Å². The van der Waals surface area contributed by atoms with Gasteiger partial charge in [-0.05, 0) is 28.5 Å². The molecule has 2 heterocycles. The molecule has 0 spiro atoms. The maximum absolute atomic E-state index is 4.65. The van der Waals surface area contributed by atoms with Gasteiger partial charge in [0.25, 0.3) is 0 Å². The molecule has 1 aromatic heterocycles. The third-order valence-corrected chi connectivity index (χ3v) is 4.86. The molecule has 0 saturated carbocycles. The van der Waals surface area contributed by atoms with Gasteiger partial charge in [-0.1, -0.05) is 20.8 Å². The van der Waals surface area contributed by atoms with Crippen LogP contribution in [0.5, 0.6) is 0 Å². The van der Waals surface area contributed by atoms with Crippen molar-refractivity contribution in [2.24, 2.45) is 0 Å². The number of hydrogen-bond donors (Lipinski definition) is 1. The van der Waals surface area contributed by atoms with Crippen LogP contribution in [-0.4, -0.2) is 35.1 Å². The van der Waals surface area contributed by atoms with Crippen LogP contribution in [0, 0.1) is 0 Å². The molecule has 1 N–H and O–H groups in total. The fraction of sp³-hybridized carbons (Fsp3) is 0.643. The Balaban J connectivity index is 2.22. The topological polar surface area (TPSA) is 28.2 Å². The van der Waals surface area contributed by atoms with Crippen LogP contribution in [0.2, 0.25) is 0 Å². The molecule has 5 heteroatoms. The van der Waals surface area contributed by atoms with Crippen LogP contribution in [0.1, 0.15) is 26.3 Å². The molecule has 1 aliphatic rings. The van der Waals surface area contributed by atoms with Crippen LogP contribution < -0.4 is 10.2 Å². The molecule has 106 valence electrons. The lowest BCUT2D eigenvalue weighted by atomic mass is 10.2. The van der Waals surface area contributed by atoms with Gasteiger partial charge in [-0.15, -0.1) is 0 Å². The molecule has 3 nitrogen and oxygen atoms in total. The van der Waals surface area contributed by atoms with E-state index in [1.165, 1.54) is 5.56 Å². The van der Waals surface area contributed by atoms with Crippen molar-refractivity contribution in [1.82, 2.24) is 10.3 Å². The highest BCUT2D eigenvalue weighted by atomic mass is 79.9. The van der Waals surface area contributed by atoms with Crippen LogP contribution in [0.3, 0.4) is 0 Å². The van der Waals surface area contributed by atoms with Gasteiger partial charge in [0.2, 0.25) is 0 Å². The molecule has 2 atom stereocenters. The molecule has 0 radical (unpaired) electrons. The summed E-state index contributed by atoms with van der Waals surface area (Å²) in [4.78, 5) is 7.09. The summed E-state index contributed by atoms with van der Waals surface area (Å²) in [5.41, 5.74) is 1.28. The van der Waals surface area contributed by atoms with Gasteiger partial charge < -0.3 is 10.2 Å². The van der Waals surface area contributed by atoms with Gasteiger partial charge in [0.15, 0.2) is 0 Å². The quantitative estimate of drug-likeness (QED) is 0.907. The number of nitrogens with one attached hydrogen (secondary N) is 1. The van der Waals surface area contributed by atoms with Crippen molar-refractivity contribution >= 4 is 33.5 Å². The number of rotatable bonds is 4. The van der Waals surface area contributed by atoms with Gasteiger partial charge in [0, 0.05) is 46.4 Å². The van der Waals surface area contributed by atoms with Gasteiger partial charge in [-0.3, -0.25) is 0 Å². The van der Waals surface area contributed by atoms with E-state index in [0.717, 1.165) is 36.5 Å². The molecule has 0 aromatic carbocycles. The van der Waals surface area contributed by atoms with Crippen LogP contribution in [0.25, 0.3) is 0 Å². The fourth-order valence-corrected chi connectivity index (χ4v) is 4.20. The summed E-state index contributed by atoms with van der Waals surface area (Å²) in [6.45, 7) is 10.8. The minimum absolute atomic E-state index is 0.668. The molecule has 19 heavy (non-hydrogen) atoms. The van der Waals surface area contributed by atoms with Gasteiger partial charge in [-0.25, -0.2) is 4.98 Å². The summed E-state index contributed by atoms with van der Waals surface area (Å²) in [7, 11) is 0. The zero-order valence-corrected chi connectivity index (χ0v) is 14.2. The second kappa shape index (κ2) is 6.95. The zero-order valence-electron chi connectivity index (χ0n) is 11.8. The number of pyridine rings is 1. The van der Waals surface area contributed by atoms with Gasteiger partial charge in [0.1, 0.15) is 5.82 Å². The highest BCUT2D eigenvalue weighted by Gasteiger charge is 2.24. The highest BCUT2D eigenvalue weighted by Crippen LogP contribution is 2.30. The van der Waals surface area contributed by atoms with Crippen molar-refractivity contribution in [3.8, 4) is 0 Å². The van der Waals surface area contributed by atoms with Crippen molar-refractivity contribution < 1.29 is 0 Å². The molecule has 2 rings (SSSR count). The predicted molar refractivity (Wildman–Crippen MR) is 88.0 cm³/mol. The number of anilines is 1. The largest absolute Gasteiger partial charge is 0.354 e. The summed E-state index contributed by atoms with van der Waals surface area (Å²) in [5.74, 6) is 1.14. The van der Waals surface area contributed by atoms with Crippen LogP contribution >= 0.6 is 27.7 Å². The molecule has 1 fully saturated rings. The Kier molecular flexibility index (Phi) is 5.54. The number of hydrogen-bond acceptors (Lipinski definition) is 4. The second-order valence-corrected chi connectivity index (χ2v) is 7.88. The number of thioether (sulfide) groups is 1. The predicted octanol–water partition coefficient (Wildman–Crippen LogP) is 3.28. The van der Waals surface area contributed by atoms with Crippen LogP contribution in [0.15, 0.2) is 16.7 Å². The molecular formula is C14H22BrN3S. The first-order valence-corrected chi connectivity index (χ1v) is 8.59. The molecule has 0 bridgehead atoms. The average Bonchev–Trinajstić information content (AvgIpc) is 2.35. The first kappa shape index (κ1) is 15.1. The Morgan fingerprint density at radius 1 is 1.42 bits per heavy atom. The Labute approximate surface area is 128 Å². The standard InChI is InChI=1S/C14H22BrN3S/c1-4-16-6-12-5-13(15)7-17-14(12)18-8-10(2)19-11(3)9-18/h5,7,10-11,16H,4,6,8-9H2,1-3H3. The Hall–Kier alpha value is -0.260. The lowest BCUT2D eigenvalue weighted by molar-refractivity contribution is 0.690. The van der Waals surface area contributed by atoms with E-state index >= 15 is 0 Å². The van der Waals surface area contributed by atoms with E-state index in [4.69, 9.17) is 0 Å². The Bertz CT molecular complexity index is 417. The van der Waals surface area contributed by atoms with Crippen molar-refractivity contribution in [2.75, 3.05) is 24.5 Å². The van der Waals surface area contributed by atoms with Gasteiger partial charge in [0.05, 0.1) is 0 Å². The van der Waals surface area contributed by atoms with E-state index in [1.807, 2.05) is 6.20 Å². The maximum atomic E-state index is 4.65. The van der Waals surface area contributed by atoms with E-state index in [-0.39, 0.29) is 0 Å². The van der Waals surface area contributed by atoms with E-state index in [0.29, 0.717) is 10.5 Å². The monoisotopic (exact) mass is 343 g/mol. The van der Waals surface area contributed by atoms with Crippen LogP contribution in [0.4, 0.5) is 5.82 Å². The summed E-state index contributed by atoms with van der Waals surface area (Å²) < 4.78 is 1.05. The fourth-order valence-electron chi connectivity index (χ4n) is 2.50. The molecule has 1 aromatic rings. The third-order valence-electron chi connectivity index (χ3n) is 3.19. The van der Waals surface area contributed by atoms with E-state index in [9.17, 15) is 0 Å². The van der Waals surface area contributed by atoms with Crippen molar-refractivity contribution in [3.63, 3.8) is 0 Å². The van der Waals surface area contributed by atoms with E-state index < -0.39 is 0 Å². The summed E-state index contributed by atoms with van der Waals surface area (Å²) in [5, 5.41) is 4.74. The molecule has 0 aliphatic carbocycles. The highest BCUT2D eigenvalue weighted by molar-refractivity contribution is 9.10. The van der Waals surface area contributed by atoms with Crippen molar-refractivity contribution in [2.45, 2.75) is 37.8 Å². The molecule has 2 unspecified atom stereocenters. The molecule has 1 aliphatic heterocycles. The molecule has 0 amide bonds. The van der Waals surface area contributed by atoms with Crippen molar-refractivity contribution in [3.05, 3.63) is 22.3 Å². The Morgan fingerprint density at radius 3 is 2.74 bits per heavy atom. The number of nitrogens with zero attached hydrogens (tertiary/aromatic N) is 2. The Morgan fingerprint density at radius 2 is 2.11 bits per heavy atom. The maximum Gasteiger partial charge on any atom is 0.133 e.